The lowest BCUT2D eigenvalue weighted by Crippen LogP contribution is -2.41. The van der Waals surface area contributed by atoms with Gasteiger partial charge in [-0.1, -0.05) is 38.4 Å². The van der Waals surface area contributed by atoms with Crippen molar-refractivity contribution < 1.29 is 18.8 Å². The smallest absolute Gasteiger partial charge is 0.420 e. The van der Waals surface area contributed by atoms with Crippen LogP contribution in [0.25, 0.3) is 11.3 Å². The summed E-state index contributed by atoms with van der Waals surface area (Å²) in [5.41, 5.74) is 1.07. The summed E-state index contributed by atoms with van der Waals surface area (Å²) in [6.07, 6.45) is 4.65. The van der Waals surface area contributed by atoms with Crippen LogP contribution in [0.2, 0.25) is 23.2 Å². The minimum atomic E-state index is -1.82. The van der Waals surface area contributed by atoms with Gasteiger partial charge in [0.15, 0.2) is 14.1 Å². The fraction of sp³-hybridized carbons (Fsp3) is 0.433. The summed E-state index contributed by atoms with van der Waals surface area (Å²) >= 11 is 6.21. The molecule has 0 aliphatic heterocycles. The molecule has 0 atom stereocenters. The first-order valence-corrected chi connectivity index (χ1v) is 16.9. The Kier molecular flexibility index (Phi) is 10.3. The van der Waals surface area contributed by atoms with Crippen LogP contribution in [0.1, 0.15) is 58.5 Å². The van der Waals surface area contributed by atoms with Crippen LogP contribution in [0.5, 0.6) is 0 Å². The van der Waals surface area contributed by atoms with Crippen LogP contribution < -0.4 is 10.2 Å². The van der Waals surface area contributed by atoms with E-state index in [0.717, 1.165) is 0 Å². The van der Waals surface area contributed by atoms with Crippen LogP contribution in [0.3, 0.4) is 0 Å². The molecule has 1 N–H and O–H groups in total. The number of nitrogens with one attached hydrogen (secondary N) is 1. The molecule has 0 bridgehead atoms. The highest BCUT2D eigenvalue weighted by Gasteiger charge is 2.36. The van der Waals surface area contributed by atoms with Crippen LogP contribution in [-0.2, 0) is 9.16 Å². The van der Waals surface area contributed by atoms with Crippen molar-refractivity contribution in [3.05, 3.63) is 65.7 Å². The molecule has 2 amide bonds. The van der Waals surface area contributed by atoms with Crippen LogP contribution in [0.4, 0.5) is 16.3 Å². The predicted molar refractivity (Wildman–Crippen MR) is 165 cm³/mol. The Hall–Kier alpha value is -3.34. The Morgan fingerprint density at radius 3 is 2.44 bits per heavy atom. The van der Waals surface area contributed by atoms with E-state index in [2.05, 4.69) is 54.1 Å². The molecule has 9 nitrogen and oxygen atoms in total. The first-order chi connectivity index (χ1) is 19.1. The minimum absolute atomic E-state index is 0.138. The maximum Gasteiger partial charge on any atom is 0.420 e. The summed E-state index contributed by atoms with van der Waals surface area (Å²) < 4.78 is 11.8. The van der Waals surface area contributed by atoms with E-state index in [1.807, 2.05) is 0 Å². The van der Waals surface area contributed by atoms with E-state index >= 15 is 0 Å². The van der Waals surface area contributed by atoms with E-state index in [4.69, 9.17) is 20.8 Å². The van der Waals surface area contributed by atoms with Crippen molar-refractivity contribution in [2.45, 2.75) is 71.7 Å². The van der Waals surface area contributed by atoms with E-state index in [-0.39, 0.29) is 22.5 Å². The lowest BCUT2D eigenvalue weighted by molar-refractivity contribution is 0.0598. The number of ether oxygens (including phenoxy) is 1. The minimum Gasteiger partial charge on any atom is -0.443 e. The number of amides is 2. The van der Waals surface area contributed by atoms with E-state index < -0.39 is 20.0 Å². The number of rotatable bonds is 9. The number of hydrogen-bond donors (Lipinski definition) is 1. The Labute approximate surface area is 248 Å². The van der Waals surface area contributed by atoms with Crippen LogP contribution in [0.15, 0.2) is 55.0 Å². The zero-order chi connectivity index (χ0) is 30.4. The average molecular weight is 598 g/mol. The van der Waals surface area contributed by atoms with Gasteiger partial charge in [0.2, 0.25) is 0 Å². The summed E-state index contributed by atoms with van der Waals surface area (Å²) in [7, 11) is -1.82. The lowest BCUT2D eigenvalue weighted by atomic mass is 10.1. The highest BCUT2D eigenvalue weighted by atomic mass is 35.5. The van der Waals surface area contributed by atoms with Gasteiger partial charge in [-0.05, 0) is 75.7 Å². The number of carbonyl (C=O) groups is 2. The van der Waals surface area contributed by atoms with Crippen molar-refractivity contribution in [1.82, 2.24) is 20.3 Å². The summed E-state index contributed by atoms with van der Waals surface area (Å²) in [6.45, 7) is 17.4. The molecule has 2 heterocycles. The molecular formula is C30H40ClN5O4Si. The molecule has 0 saturated carbocycles. The molecule has 0 aliphatic rings. The maximum absolute atomic E-state index is 13.2. The molecule has 0 spiro atoms. The molecule has 11 heteroatoms. The predicted octanol–water partition coefficient (Wildman–Crippen LogP) is 7.41. The molecule has 3 aromatic rings. The van der Waals surface area contributed by atoms with Crippen molar-refractivity contribution in [1.29, 1.82) is 0 Å². The third-order valence-corrected chi connectivity index (χ3v) is 11.4. The number of halogens is 1. The topological polar surface area (TPSA) is 107 Å². The van der Waals surface area contributed by atoms with Gasteiger partial charge in [-0.25, -0.2) is 14.7 Å². The third-order valence-electron chi connectivity index (χ3n) is 6.66. The van der Waals surface area contributed by atoms with Crippen molar-refractivity contribution in [3.8, 4) is 11.3 Å². The van der Waals surface area contributed by atoms with Gasteiger partial charge in [0.1, 0.15) is 11.3 Å². The van der Waals surface area contributed by atoms with Gasteiger partial charge < -0.3 is 14.5 Å². The molecule has 0 aliphatic carbocycles. The monoisotopic (exact) mass is 597 g/mol. The molecule has 2 aromatic heterocycles. The maximum atomic E-state index is 13.2. The van der Waals surface area contributed by atoms with Gasteiger partial charge >= 0.3 is 6.09 Å². The van der Waals surface area contributed by atoms with Gasteiger partial charge in [-0.3, -0.25) is 14.8 Å². The standard InChI is InChI=1S/C30H40ClN5O4Si/c1-29(2,3)40-28(38)36(23-12-9-11-22(31)18-23)26-20-32-19-25(35-26)21-13-15-33-24(17-21)27(37)34-14-10-16-39-41(7,8)30(4,5)6/h9,11-13,15,17-20H,10,14,16H2,1-8H3,(H,34,37). The summed E-state index contributed by atoms with van der Waals surface area (Å²) in [5.74, 6) is -0.0545. The van der Waals surface area contributed by atoms with Crippen LogP contribution >= 0.6 is 11.6 Å². The molecular weight excluding hydrogens is 558 g/mol. The lowest BCUT2D eigenvalue weighted by Gasteiger charge is -2.36. The summed E-state index contributed by atoms with van der Waals surface area (Å²) in [6, 6.07) is 10.2. The molecule has 3 rings (SSSR count). The van der Waals surface area contributed by atoms with E-state index in [0.29, 0.717) is 41.5 Å². The SMILES string of the molecule is CC(C)(C)OC(=O)N(c1cccc(Cl)c1)c1cncc(-c2ccnc(C(=O)NCCCO[Si](C)(C)C(C)(C)C)c2)n1. The van der Waals surface area contributed by atoms with Gasteiger partial charge in [-0.15, -0.1) is 0 Å². The molecule has 1 aromatic carbocycles. The summed E-state index contributed by atoms with van der Waals surface area (Å²) in [4.78, 5) is 40.6. The molecule has 0 fully saturated rings. The average Bonchev–Trinajstić information content (AvgIpc) is 2.87. The fourth-order valence-electron chi connectivity index (χ4n) is 3.48. The van der Waals surface area contributed by atoms with Crippen molar-refractivity contribution >= 4 is 43.4 Å². The second-order valence-electron chi connectivity index (χ2n) is 12.2. The number of pyridine rings is 1. The number of carbonyl (C=O) groups excluding carboxylic acids is 2. The molecule has 0 saturated heterocycles. The van der Waals surface area contributed by atoms with Gasteiger partial charge in [0.25, 0.3) is 5.91 Å². The number of hydrogen-bond acceptors (Lipinski definition) is 7. The van der Waals surface area contributed by atoms with Crippen molar-refractivity contribution in [3.63, 3.8) is 0 Å². The molecule has 220 valence electrons. The molecule has 0 radical (unpaired) electrons. The number of aromatic nitrogens is 3. The molecule has 0 unspecified atom stereocenters. The van der Waals surface area contributed by atoms with E-state index in [1.54, 1.807) is 69.6 Å². The van der Waals surface area contributed by atoms with Crippen LogP contribution in [-0.4, -0.2) is 54.0 Å². The van der Waals surface area contributed by atoms with E-state index in [9.17, 15) is 9.59 Å². The number of benzene rings is 1. The van der Waals surface area contributed by atoms with Gasteiger partial charge in [-0.2, -0.15) is 0 Å². The Balaban J connectivity index is 1.77. The number of nitrogens with zero attached hydrogens (tertiary/aromatic N) is 4. The van der Waals surface area contributed by atoms with Crippen molar-refractivity contribution in [2.24, 2.45) is 0 Å². The van der Waals surface area contributed by atoms with E-state index in [1.165, 1.54) is 11.1 Å². The van der Waals surface area contributed by atoms with Gasteiger partial charge in [0, 0.05) is 29.9 Å². The number of anilines is 2. The first-order valence-electron chi connectivity index (χ1n) is 13.6. The van der Waals surface area contributed by atoms with Crippen molar-refractivity contribution in [2.75, 3.05) is 18.1 Å². The molecule has 41 heavy (non-hydrogen) atoms. The Morgan fingerprint density at radius 1 is 1.05 bits per heavy atom. The highest BCUT2D eigenvalue weighted by molar-refractivity contribution is 6.74. The first kappa shape index (κ1) is 32.2. The Morgan fingerprint density at radius 2 is 1.78 bits per heavy atom. The normalized spacial score (nSPS) is 12.1. The quantitative estimate of drug-likeness (QED) is 0.202. The second kappa shape index (κ2) is 13.1. The third kappa shape index (κ3) is 9.07. The second-order valence-corrected chi connectivity index (χ2v) is 17.5. The highest BCUT2D eigenvalue weighted by Crippen LogP contribution is 2.36. The van der Waals surface area contributed by atoms with Crippen LogP contribution in [0, 0.1) is 0 Å². The van der Waals surface area contributed by atoms with Gasteiger partial charge in [0.05, 0.1) is 23.8 Å². The largest absolute Gasteiger partial charge is 0.443 e. The zero-order valence-electron chi connectivity index (χ0n) is 25.1. The fourth-order valence-corrected chi connectivity index (χ4v) is 4.75. The Bertz CT molecular complexity index is 1370. The summed E-state index contributed by atoms with van der Waals surface area (Å²) in [5, 5.41) is 3.50. The zero-order valence-corrected chi connectivity index (χ0v) is 26.9.